The number of amides is 1. The highest BCUT2D eigenvalue weighted by Gasteiger charge is 2.22. The SMILES string of the molecule is CCc1ccccc1C(=O)N(CC(=O)O)C(C)C. The van der Waals surface area contributed by atoms with E-state index in [9.17, 15) is 9.59 Å². The molecule has 0 atom stereocenters. The van der Waals surface area contributed by atoms with Crippen molar-refractivity contribution in [2.75, 3.05) is 6.54 Å². The molecule has 1 rings (SSSR count). The molecule has 0 fully saturated rings. The first-order chi connectivity index (χ1) is 8.47. The molecule has 0 aliphatic heterocycles. The van der Waals surface area contributed by atoms with E-state index in [1.807, 2.05) is 32.9 Å². The van der Waals surface area contributed by atoms with Crippen molar-refractivity contribution in [2.45, 2.75) is 33.2 Å². The van der Waals surface area contributed by atoms with Crippen LogP contribution >= 0.6 is 0 Å². The Bertz CT molecular complexity index is 440. The molecule has 0 aliphatic rings. The molecule has 0 bridgehead atoms. The quantitative estimate of drug-likeness (QED) is 0.870. The van der Waals surface area contributed by atoms with E-state index < -0.39 is 5.97 Å². The van der Waals surface area contributed by atoms with Crippen LogP contribution in [0.2, 0.25) is 0 Å². The number of benzene rings is 1. The van der Waals surface area contributed by atoms with Crippen LogP contribution in [0.15, 0.2) is 24.3 Å². The maximum absolute atomic E-state index is 12.4. The number of hydrogen-bond donors (Lipinski definition) is 1. The fourth-order valence-corrected chi connectivity index (χ4v) is 1.83. The molecule has 1 aromatic carbocycles. The first-order valence-corrected chi connectivity index (χ1v) is 6.08. The summed E-state index contributed by atoms with van der Waals surface area (Å²) in [4.78, 5) is 24.5. The lowest BCUT2D eigenvalue weighted by molar-refractivity contribution is -0.138. The number of aryl methyl sites for hydroxylation is 1. The molecule has 0 saturated heterocycles. The number of hydrogen-bond acceptors (Lipinski definition) is 2. The van der Waals surface area contributed by atoms with Crippen molar-refractivity contribution in [1.29, 1.82) is 0 Å². The summed E-state index contributed by atoms with van der Waals surface area (Å²) in [5, 5.41) is 8.86. The van der Waals surface area contributed by atoms with E-state index in [4.69, 9.17) is 5.11 Å². The average Bonchev–Trinajstić information content (AvgIpc) is 2.34. The lowest BCUT2D eigenvalue weighted by atomic mass is 10.0. The van der Waals surface area contributed by atoms with Gasteiger partial charge in [0.05, 0.1) is 0 Å². The van der Waals surface area contributed by atoms with Crippen LogP contribution < -0.4 is 0 Å². The average molecular weight is 249 g/mol. The molecule has 98 valence electrons. The Kier molecular flexibility index (Phi) is 4.89. The molecule has 18 heavy (non-hydrogen) atoms. The standard InChI is InChI=1S/C14H19NO3/c1-4-11-7-5-6-8-12(11)14(18)15(10(2)3)9-13(16)17/h5-8,10H,4,9H2,1-3H3,(H,16,17). The lowest BCUT2D eigenvalue weighted by Crippen LogP contribution is -2.41. The van der Waals surface area contributed by atoms with E-state index in [2.05, 4.69) is 0 Å². The van der Waals surface area contributed by atoms with Crippen LogP contribution in [0.25, 0.3) is 0 Å². The molecule has 1 N–H and O–H groups in total. The Hall–Kier alpha value is -1.84. The zero-order valence-corrected chi connectivity index (χ0v) is 11.0. The van der Waals surface area contributed by atoms with Crippen molar-refractivity contribution in [3.63, 3.8) is 0 Å². The van der Waals surface area contributed by atoms with Crippen molar-refractivity contribution in [3.8, 4) is 0 Å². The second-order valence-corrected chi connectivity index (χ2v) is 4.43. The van der Waals surface area contributed by atoms with Gasteiger partial charge in [-0.15, -0.1) is 0 Å². The number of aliphatic carboxylic acids is 1. The monoisotopic (exact) mass is 249 g/mol. The summed E-state index contributed by atoms with van der Waals surface area (Å²) in [6.07, 6.45) is 0.751. The van der Waals surface area contributed by atoms with Gasteiger partial charge in [-0.2, -0.15) is 0 Å². The van der Waals surface area contributed by atoms with E-state index >= 15 is 0 Å². The molecule has 4 heteroatoms. The van der Waals surface area contributed by atoms with Crippen LogP contribution in [-0.2, 0) is 11.2 Å². The maximum atomic E-state index is 12.4. The molecule has 4 nitrogen and oxygen atoms in total. The van der Waals surface area contributed by atoms with Gasteiger partial charge in [0, 0.05) is 11.6 Å². The second-order valence-electron chi connectivity index (χ2n) is 4.43. The molecule has 0 aromatic heterocycles. The number of rotatable bonds is 5. The van der Waals surface area contributed by atoms with Gasteiger partial charge >= 0.3 is 5.97 Å². The summed E-state index contributed by atoms with van der Waals surface area (Å²) in [6.45, 7) is 5.34. The van der Waals surface area contributed by atoms with Crippen LogP contribution in [-0.4, -0.2) is 34.5 Å². The number of carboxylic acids is 1. The van der Waals surface area contributed by atoms with E-state index in [-0.39, 0.29) is 18.5 Å². The van der Waals surface area contributed by atoms with E-state index in [1.165, 1.54) is 4.90 Å². The van der Waals surface area contributed by atoms with Crippen molar-refractivity contribution in [2.24, 2.45) is 0 Å². The summed E-state index contributed by atoms with van der Waals surface area (Å²) in [7, 11) is 0. The van der Waals surface area contributed by atoms with E-state index in [1.54, 1.807) is 12.1 Å². The number of carbonyl (C=O) groups is 2. The number of carbonyl (C=O) groups excluding carboxylic acids is 1. The normalized spacial score (nSPS) is 10.4. The predicted molar refractivity (Wildman–Crippen MR) is 69.6 cm³/mol. The third kappa shape index (κ3) is 3.32. The van der Waals surface area contributed by atoms with Crippen molar-refractivity contribution < 1.29 is 14.7 Å². The lowest BCUT2D eigenvalue weighted by Gasteiger charge is -2.25. The first kappa shape index (κ1) is 14.2. The minimum absolute atomic E-state index is 0.140. The molecule has 0 saturated carbocycles. The van der Waals surface area contributed by atoms with E-state index in [0.717, 1.165) is 12.0 Å². The van der Waals surface area contributed by atoms with Crippen molar-refractivity contribution in [1.82, 2.24) is 4.90 Å². The highest BCUT2D eigenvalue weighted by molar-refractivity contribution is 5.97. The minimum atomic E-state index is -0.994. The van der Waals surface area contributed by atoms with Gasteiger partial charge in [0.2, 0.25) is 0 Å². The molecule has 0 spiro atoms. The Morgan fingerprint density at radius 2 is 1.89 bits per heavy atom. The third-order valence-corrected chi connectivity index (χ3v) is 2.82. The topological polar surface area (TPSA) is 57.6 Å². The van der Waals surface area contributed by atoms with Gasteiger partial charge in [0.1, 0.15) is 6.54 Å². The number of carboxylic acid groups (broad SMARTS) is 1. The zero-order valence-electron chi connectivity index (χ0n) is 11.0. The molecule has 0 heterocycles. The summed E-state index contributed by atoms with van der Waals surface area (Å²) < 4.78 is 0. The van der Waals surface area contributed by atoms with Gasteiger partial charge in [-0.1, -0.05) is 25.1 Å². The van der Waals surface area contributed by atoms with Crippen LogP contribution in [0.4, 0.5) is 0 Å². The third-order valence-electron chi connectivity index (χ3n) is 2.82. The predicted octanol–water partition coefficient (Wildman–Crippen LogP) is 2.18. The van der Waals surface area contributed by atoms with Crippen LogP contribution in [0.3, 0.4) is 0 Å². The number of nitrogens with zero attached hydrogens (tertiary/aromatic N) is 1. The fraction of sp³-hybridized carbons (Fsp3) is 0.429. The fourth-order valence-electron chi connectivity index (χ4n) is 1.83. The van der Waals surface area contributed by atoms with Gasteiger partial charge in [-0.25, -0.2) is 0 Å². The Labute approximate surface area is 107 Å². The zero-order chi connectivity index (χ0) is 13.7. The molecule has 0 unspecified atom stereocenters. The van der Waals surface area contributed by atoms with Gasteiger partial charge < -0.3 is 10.0 Å². The highest BCUT2D eigenvalue weighted by Crippen LogP contribution is 2.14. The molecule has 0 aliphatic carbocycles. The molecule has 1 amide bonds. The smallest absolute Gasteiger partial charge is 0.323 e. The van der Waals surface area contributed by atoms with Crippen molar-refractivity contribution in [3.05, 3.63) is 35.4 Å². The summed E-state index contributed by atoms with van der Waals surface area (Å²) in [6, 6.07) is 7.18. The highest BCUT2D eigenvalue weighted by atomic mass is 16.4. The van der Waals surface area contributed by atoms with Crippen LogP contribution in [0.1, 0.15) is 36.7 Å². The van der Waals surface area contributed by atoms with Gasteiger partial charge in [-0.3, -0.25) is 9.59 Å². The van der Waals surface area contributed by atoms with Gasteiger partial charge in [0.15, 0.2) is 0 Å². The summed E-state index contributed by atoms with van der Waals surface area (Å²) in [5.41, 5.74) is 1.54. The van der Waals surface area contributed by atoms with Crippen LogP contribution in [0.5, 0.6) is 0 Å². The Morgan fingerprint density at radius 3 is 2.39 bits per heavy atom. The van der Waals surface area contributed by atoms with Gasteiger partial charge in [0.25, 0.3) is 5.91 Å². The largest absolute Gasteiger partial charge is 0.480 e. The summed E-state index contributed by atoms with van der Waals surface area (Å²) in [5.74, 6) is -1.21. The van der Waals surface area contributed by atoms with Crippen molar-refractivity contribution >= 4 is 11.9 Å². The molecular formula is C14H19NO3. The van der Waals surface area contributed by atoms with Gasteiger partial charge in [-0.05, 0) is 31.9 Å². The Balaban J connectivity index is 3.05. The molecule has 0 radical (unpaired) electrons. The van der Waals surface area contributed by atoms with Crippen LogP contribution in [0, 0.1) is 0 Å². The molecule has 1 aromatic rings. The summed E-state index contributed by atoms with van der Waals surface area (Å²) >= 11 is 0. The Morgan fingerprint density at radius 1 is 1.28 bits per heavy atom. The van der Waals surface area contributed by atoms with E-state index in [0.29, 0.717) is 5.56 Å². The molecular weight excluding hydrogens is 230 g/mol. The second kappa shape index (κ2) is 6.19. The maximum Gasteiger partial charge on any atom is 0.323 e. The minimum Gasteiger partial charge on any atom is -0.480 e. The first-order valence-electron chi connectivity index (χ1n) is 6.08.